The molecule has 2 aromatic carbocycles. The van der Waals surface area contributed by atoms with Gasteiger partial charge in [0, 0.05) is 37.4 Å². The Morgan fingerprint density at radius 3 is 2.29 bits per heavy atom. The molecule has 1 aliphatic heterocycles. The van der Waals surface area contributed by atoms with Crippen LogP contribution < -0.4 is 4.90 Å². The number of para-hydroxylation sites is 1. The Kier molecular flexibility index (Phi) is 3.77. The SMILES string of the molecule is O=C(c1cccc(O)c1)N1CCN(c2ccccc2)CC1. The van der Waals surface area contributed by atoms with Crippen molar-refractivity contribution in [3.05, 3.63) is 60.2 Å². The number of hydrogen-bond donors (Lipinski definition) is 1. The van der Waals surface area contributed by atoms with E-state index in [4.69, 9.17) is 0 Å². The second-order valence-corrected chi connectivity index (χ2v) is 5.17. The van der Waals surface area contributed by atoms with Gasteiger partial charge in [-0.1, -0.05) is 24.3 Å². The second kappa shape index (κ2) is 5.87. The van der Waals surface area contributed by atoms with Crippen molar-refractivity contribution in [1.82, 2.24) is 4.90 Å². The van der Waals surface area contributed by atoms with Crippen LogP contribution in [0.2, 0.25) is 0 Å². The van der Waals surface area contributed by atoms with Gasteiger partial charge in [0.2, 0.25) is 0 Å². The molecule has 0 unspecified atom stereocenters. The van der Waals surface area contributed by atoms with Crippen LogP contribution in [0.4, 0.5) is 5.69 Å². The Hall–Kier alpha value is -2.49. The van der Waals surface area contributed by atoms with Crippen molar-refractivity contribution >= 4 is 11.6 Å². The number of rotatable bonds is 2. The van der Waals surface area contributed by atoms with Crippen LogP contribution in [0.3, 0.4) is 0 Å². The topological polar surface area (TPSA) is 43.8 Å². The summed E-state index contributed by atoms with van der Waals surface area (Å²) in [6.07, 6.45) is 0. The predicted octanol–water partition coefficient (Wildman–Crippen LogP) is 2.35. The number of carbonyl (C=O) groups is 1. The summed E-state index contributed by atoms with van der Waals surface area (Å²) >= 11 is 0. The van der Waals surface area contributed by atoms with Gasteiger partial charge < -0.3 is 14.9 Å². The highest BCUT2D eigenvalue weighted by molar-refractivity contribution is 5.94. The lowest BCUT2D eigenvalue weighted by Crippen LogP contribution is -2.48. The van der Waals surface area contributed by atoms with E-state index in [0.29, 0.717) is 18.7 Å². The summed E-state index contributed by atoms with van der Waals surface area (Å²) in [4.78, 5) is 16.5. The Labute approximate surface area is 124 Å². The van der Waals surface area contributed by atoms with E-state index in [9.17, 15) is 9.90 Å². The number of phenols is 1. The summed E-state index contributed by atoms with van der Waals surface area (Å²) in [5.74, 6) is 0.113. The lowest BCUT2D eigenvalue weighted by atomic mass is 10.1. The number of anilines is 1. The highest BCUT2D eigenvalue weighted by Crippen LogP contribution is 2.18. The van der Waals surface area contributed by atoms with Gasteiger partial charge in [-0.05, 0) is 30.3 Å². The van der Waals surface area contributed by atoms with E-state index >= 15 is 0 Å². The maximum Gasteiger partial charge on any atom is 0.254 e. The molecule has 1 amide bonds. The third-order valence-electron chi connectivity index (χ3n) is 3.78. The number of hydrogen-bond acceptors (Lipinski definition) is 3. The number of benzene rings is 2. The van der Waals surface area contributed by atoms with E-state index in [1.807, 2.05) is 23.1 Å². The quantitative estimate of drug-likeness (QED) is 0.919. The zero-order chi connectivity index (χ0) is 14.7. The van der Waals surface area contributed by atoms with Crippen LogP contribution in [0.5, 0.6) is 5.75 Å². The summed E-state index contributed by atoms with van der Waals surface area (Å²) in [7, 11) is 0. The minimum absolute atomic E-state index is 0.0152. The molecule has 0 aromatic heterocycles. The maximum absolute atomic E-state index is 12.4. The number of piperazine rings is 1. The second-order valence-electron chi connectivity index (χ2n) is 5.17. The summed E-state index contributed by atoms with van der Waals surface area (Å²) in [5, 5.41) is 9.47. The first kappa shape index (κ1) is 13.5. The molecular weight excluding hydrogens is 264 g/mol. The van der Waals surface area contributed by atoms with Crippen molar-refractivity contribution in [2.45, 2.75) is 0 Å². The van der Waals surface area contributed by atoms with E-state index in [1.54, 1.807) is 18.2 Å². The number of phenolic OH excluding ortho intramolecular Hbond substituents is 1. The molecule has 1 N–H and O–H groups in total. The largest absolute Gasteiger partial charge is 0.508 e. The molecule has 21 heavy (non-hydrogen) atoms. The molecule has 1 saturated heterocycles. The van der Waals surface area contributed by atoms with Crippen molar-refractivity contribution in [3.63, 3.8) is 0 Å². The number of amides is 1. The number of aromatic hydroxyl groups is 1. The van der Waals surface area contributed by atoms with E-state index in [-0.39, 0.29) is 11.7 Å². The van der Waals surface area contributed by atoms with E-state index < -0.39 is 0 Å². The highest BCUT2D eigenvalue weighted by atomic mass is 16.3. The normalized spacial score (nSPS) is 15.0. The minimum atomic E-state index is -0.0152. The molecule has 0 aliphatic carbocycles. The lowest BCUT2D eigenvalue weighted by molar-refractivity contribution is 0.0746. The van der Waals surface area contributed by atoms with Gasteiger partial charge >= 0.3 is 0 Å². The van der Waals surface area contributed by atoms with Crippen molar-refractivity contribution in [3.8, 4) is 5.75 Å². The summed E-state index contributed by atoms with van der Waals surface area (Å²) in [6, 6.07) is 16.8. The van der Waals surface area contributed by atoms with Gasteiger partial charge in [0.25, 0.3) is 5.91 Å². The highest BCUT2D eigenvalue weighted by Gasteiger charge is 2.22. The molecule has 0 spiro atoms. The fourth-order valence-electron chi connectivity index (χ4n) is 2.63. The maximum atomic E-state index is 12.4. The predicted molar refractivity (Wildman–Crippen MR) is 82.7 cm³/mol. The van der Waals surface area contributed by atoms with Crippen molar-refractivity contribution in [2.75, 3.05) is 31.1 Å². The third-order valence-corrected chi connectivity index (χ3v) is 3.78. The molecule has 108 valence electrons. The van der Waals surface area contributed by atoms with Crippen LogP contribution in [0.1, 0.15) is 10.4 Å². The molecule has 0 radical (unpaired) electrons. The van der Waals surface area contributed by atoms with E-state index in [2.05, 4.69) is 17.0 Å². The van der Waals surface area contributed by atoms with Crippen LogP contribution in [0.25, 0.3) is 0 Å². The molecule has 4 nitrogen and oxygen atoms in total. The summed E-state index contributed by atoms with van der Waals surface area (Å²) in [5.41, 5.74) is 1.74. The van der Waals surface area contributed by atoms with Crippen molar-refractivity contribution in [2.24, 2.45) is 0 Å². The van der Waals surface area contributed by atoms with Crippen LogP contribution in [-0.4, -0.2) is 42.1 Å². The Morgan fingerprint density at radius 1 is 0.905 bits per heavy atom. The van der Waals surface area contributed by atoms with Gasteiger partial charge in [-0.25, -0.2) is 0 Å². The molecule has 0 atom stereocenters. The van der Waals surface area contributed by atoms with Crippen molar-refractivity contribution in [1.29, 1.82) is 0 Å². The smallest absolute Gasteiger partial charge is 0.254 e. The Bertz CT molecular complexity index is 620. The molecule has 1 heterocycles. The molecule has 4 heteroatoms. The zero-order valence-corrected chi connectivity index (χ0v) is 11.8. The van der Waals surface area contributed by atoms with Crippen LogP contribution in [0.15, 0.2) is 54.6 Å². The Balaban J connectivity index is 1.64. The first-order valence-corrected chi connectivity index (χ1v) is 7.12. The van der Waals surface area contributed by atoms with Gasteiger partial charge in [0.05, 0.1) is 0 Å². The molecule has 0 saturated carbocycles. The molecule has 3 rings (SSSR count). The summed E-state index contributed by atoms with van der Waals surface area (Å²) in [6.45, 7) is 3.05. The first-order chi connectivity index (χ1) is 10.2. The molecule has 1 aliphatic rings. The standard InChI is InChI=1S/C17H18N2O2/c20-16-8-4-5-14(13-16)17(21)19-11-9-18(10-12-19)15-6-2-1-3-7-15/h1-8,13,20H,9-12H2. The number of carbonyl (C=O) groups excluding carboxylic acids is 1. The average molecular weight is 282 g/mol. The van der Waals surface area contributed by atoms with Gasteiger partial charge in [0.15, 0.2) is 0 Å². The van der Waals surface area contributed by atoms with E-state index in [1.165, 1.54) is 11.8 Å². The molecule has 1 fully saturated rings. The van der Waals surface area contributed by atoms with E-state index in [0.717, 1.165) is 13.1 Å². The average Bonchev–Trinajstić information content (AvgIpc) is 2.55. The molecular formula is C17H18N2O2. The minimum Gasteiger partial charge on any atom is -0.508 e. The lowest BCUT2D eigenvalue weighted by Gasteiger charge is -2.36. The molecule has 2 aromatic rings. The van der Waals surface area contributed by atoms with Crippen LogP contribution in [-0.2, 0) is 0 Å². The van der Waals surface area contributed by atoms with Crippen LogP contribution in [0, 0.1) is 0 Å². The van der Waals surface area contributed by atoms with Gasteiger partial charge in [0.1, 0.15) is 5.75 Å². The van der Waals surface area contributed by atoms with Gasteiger partial charge in [-0.2, -0.15) is 0 Å². The monoisotopic (exact) mass is 282 g/mol. The van der Waals surface area contributed by atoms with Crippen LogP contribution >= 0.6 is 0 Å². The third kappa shape index (κ3) is 2.99. The fraction of sp³-hybridized carbons (Fsp3) is 0.235. The number of nitrogens with zero attached hydrogens (tertiary/aromatic N) is 2. The van der Waals surface area contributed by atoms with Crippen molar-refractivity contribution < 1.29 is 9.90 Å². The first-order valence-electron chi connectivity index (χ1n) is 7.12. The summed E-state index contributed by atoms with van der Waals surface area (Å²) < 4.78 is 0. The van der Waals surface area contributed by atoms with Gasteiger partial charge in [-0.15, -0.1) is 0 Å². The Morgan fingerprint density at radius 2 is 1.62 bits per heavy atom. The molecule has 0 bridgehead atoms. The zero-order valence-electron chi connectivity index (χ0n) is 11.8. The fourth-order valence-corrected chi connectivity index (χ4v) is 2.63. The van der Waals surface area contributed by atoms with Gasteiger partial charge in [-0.3, -0.25) is 4.79 Å².